The van der Waals surface area contributed by atoms with Gasteiger partial charge in [-0.25, -0.2) is 0 Å². The molecule has 0 saturated heterocycles. The van der Waals surface area contributed by atoms with Crippen molar-refractivity contribution in [2.45, 2.75) is 0 Å². The van der Waals surface area contributed by atoms with Gasteiger partial charge >= 0.3 is 0 Å². The molecular formula is C14H9ClN4O3. The number of amides is 1. The third-order valence-electron chi connectivity index (χ3n) is 3.07. The summed E-state index contributed by atoms with van der Waals surface area (Å²) in [6.07, 6.45) is 0. The van der Waals surface area contributed by atoms with E-state index in [9.17, 15) is 14.9 Å². The first kappa shape index (κ1) is 14.0. The van der Waals surface area contributed by atoms with Crippen molar-refractivity contribution in [2.75, 3.05) is 5.32 Å². The van der Waals surface area contributed by atoms with Crippen LogP contribution in [0, 0.1) is 10.1 Å². The Balaban J connectivity index is 1.95. The first-order chi connectivity index (χ1) is 10.5. The molecule has 0 aliphatic rings. The Morgan fingerprint density at radius 3 is 2.64 bits per heavy atom. The minimum Gasteiger partial charge on any atom is -0.321 e. The molecule has 3 rings (SSSR count). The smallest absolute Gasteiger partial charge is 0.276 e. The quantitative estimate of drug-likeness (QED) is 0.571. The van der Waals surface area contributed by atoms with Gasteiger partial charge in [0.15, 0.2) is 5.69 Å². The van der Waals surface area contributed by atoms with E-state index < -0.39 is 10.8 Å². The van der Waals surface area contributed by atoms with E-state index in [2.05, 4.69) is 15.5 Å². The Bertz CT molecular complexity index is 873. The zero-order valence-corrected chi connectivity index (χ0v) is 11.8. The molecule has 110 valence electrons. The molecule has 7 nitrogen and oxygen atoms in total. The molecule has 1 heterocycles. The van der Waals surface area contributed by atoms with Gasteiger partial charge in [-0.3, -0.25) is 20.0 Å². The van der Waals surface area contributed by atoms with Gasteiger partial charge in [0.05, 0.1) is 10.4 Å². The van der Waals surface area contributed by atoms with Crippen molar-refractivity contribution in [3.63, 3.8) is 0 Å². The van der Waals surface area contributed by atoms with Crippen molar-refractivity contribution < 1.29 is 9.72 Å². The van der Waals surface area contributed by atoms with Crippen LogP contribution in [0.2, 0.25) is 5.02 Å². The number of hydrogen-bond donors (Lipinski definition) is 2. The second kappa shape index (κ2) is 5.45. The Kier molecular flexibility index (Phi) is 3.48. The van der Waals surface area contributed by atoms with E-state index in [1.807, 2.05) is 0 Å². The topological polar surface area (TPSA) is 101 Å². The molecule has 0 atom stereocenters. The van der Waals surface area contributed by atoms with Gasteiger partial charge in [-0.15, -0.1) is 0 Å². The summed E-state index contributed by atoms with van der Waals surface area (Å²) in [7, 11) is 0. The Hall–Kier alpha value is -2.93. The predicted octanol–water partition coefficient (Wildman–Crippen LogP) is 3.38. The van der Waals surface area contributed by atoms with E-state index >= 15 is 0 Å². The number of aromatic nitrogens is 2. The minimum absolute atomic E-state index is 0.0913. The van der Waals surface area contributed by atoms with E-state index in [4.69, 9.17) is 11.6 Å². The summed E-state index contributed by atoms with van der Waals surface area (Å²) in [6.45, 7) is 0. The molecule has 1 aromatic heterocycles. The van der Waals surface area contributed by atoms with Crippen molar-refractivity contribution in [2.24, 2.45) is 0 Å². The maximum absolute atomic E-state index is 12.3. The minimum atomic E-state index is -0.521. The van der Waals surface area contributed by atoms with Crippen LogP contribution in [0.4, 0.5) is 11.4 Å². The summed E-state index contributed by atoms with van der Waals surface area (Å²) in [6, 6.07) is 10.8. The lowest BCUT2D eigenvalue weighted by Gasteiger charge is -2.03. The van der Waals surface area contributed by atoms with Crippen molar-refractivity contribution in [1.82, 2.24) is 10.2 Å². The molecule has 0 unspecified atom stereocenters. The monoisotopic (exact) mass is 316 g/mol. The van der Waals surface area contributed by atoms with Gasteiger partial charge < -0.3 is 5.32 Å². The molecule has 0 saturated carbocycles. The summed E-state index contributed by atoms with van der Waals surface area (Å²) in [5.74, 6) is -0.464. The van der Waals surface area contributed by atoms with Gasteiger partial charge in [0.1, 0.15) is 0 Å². The first-order valence-electron chi connectivity index (χ1n) is 6.24. The van der Waals surface area contributed by atoms with Crippen LogP contribution in [0.25, 0.3) is 10.9 Å². The van der Waals surface area contributed by atoms with E-state index in [-0.39, 0.29) is 11.4 Å². The second-order valence-electron chi connectivity index (χ2n) is 4.52. The summed E-state index contributed by atoms with van der Waals surface area (Å²) in [4.78, 5) is 22.6. The normalized spacial score (nSPS) is 10.6. The van der Waals surface area contributed by atoms with Crippen molar-refractivity contribution in [3.05, 3.63) is 63.3 Å². The van der Waals surface area contributed by atoms with Crippen LogP contribution in [0.3, 0.4) is 0 Å². The molecule has 2 N–H and O–H groups in total. The van der Waals surface area contributed by atoms with Gasteiger partial charge in [0.25, 0.3) is 11.6 Å². The number of nitro groups is 1. The number of rotatable bonds is 3. The van der Waals surface area contributed by atoms with Gasteiger partial charge in [0.2, 0.25) is 0 Å². The number of halogens is 1. The number of carbonyl (C=O) groups excluding carboxylic acids is 1. The van der Waals surface area contributed by atoms with Crippen molar-refractivity contribution >= 4 is 39.8 Å². The molecule has 2 aromatic carbocycles. The lowest BCUT2D eigenvalue weighted by molar-refractivity contribution is -0.384. The zero-order chi connectivity index (χ0) is 15.7. The molecule has 0 aliphatic carbocycles. The summed E-state index contributed by atoms with van der Waals surface area (Å²) in [5, 5.41) is 21.0. The largest absolute Gasteiger partial charge is 0.321 e. The average Bonchev–Trinajstić information content (AvgIpc) is 2.92. The lowest BCUT2D eigenvalue weighted by Crippen LogP contribution is -2.12. The van der Waals surface area contributed by atoms with Gasteiger partial charge in [-0.05, 0) is 30.3 Å². The Morgan fingerprint density at radius 2 is 1.95 bits per heavy atom. The van der Waals surface area contributed by atoms with Crippen LogP contribution in [0.15, 0.2) is 42.5 Å². The van der Waals surface area contributed by atoms with E-state index in [1.54, 1.807) is 24.3 Å². The van der Waals surface area contributed by atoms with E-state index in [0.717, 1.165) is 0 Å². The standard InChI is InChI=1S/C14H9ClN4O3/c15-8-1-3-9(4-2-8)16-14(20)13-11-7-10(19(21)22)5-6-12(11)17-18-13/h1-7H,(H,16,20)(H,17,18). The maximum atomic E-state index is 12.3. The number of hydrogen-bond acceptors (Lipinski definition) is 4. The first-order valence-corrected chi connectivity index (χ1v) is 6.62. The number of H-pyrrole nitrogens is 1. The fraction of sp³-hybridized carbons (Fsp3) is 0. The molecule has 0 spiro atoms. The highest BCUT2D eigenvalue weighted by molar-refractivity contribution is 6.30. The predicted molar refractivity (Wildman–Crippen MR) is 82.2 cm³/mol. The lowest BCUT2D eigenvalue weighted by atomic mass is 10.2. The van der Waals surface area contributed by atoms with Crippen LogP contribution < -0.4 is 5.32 Å². The molecule has 0 fully saturated rings. The van der Waals surface area contributed by atoms with Crippen LogP contribution in [-0.2, 0) is 0 Å². The number of non-ortho nitro benzene ring substituents is 1. The van der Waals surface area contributed by atoms with Crippen LogP contribution >= 0.6 is 11.6 Å². The number of nitrogens with zero attached hydrogens (tertiary/aromatic N) is 2. The van der Waals surface area contributed by atoms with Crippen molar-refractivity contribution in [3.8, 4) is 0 Å². The molecule has 22 heavy (non-hydrogen) atoms. The highest BCUT2D eigenvalue weighted by atomic mass is 35.5. The number of fused-ring (bicyclic) bond motifs is 1. The molecular weight excluding hydrogens is 308 g/mol. The average molecular weight is 317 g/mol. The Labute approximate surface area is 129 Å². The molecule has 8 heteroatoms. The number of aromatic amines is 1. The fourth-order valence-corrected chi connectivity index (χ4v) is 2.14. The molecule has 0 radical (unpaired) electrons. The summed E-state index contributed by atoms with van der Waals surface area (Å²) >= 11 is 5.78. The molecule has 3 aromatic rings. The van der Waals surface area contributed by atoms with Gasteiger partial charge in [0, 0.05) is 28.2 Å². The number of nitrogens with one attached hydrogen (secondary N) is 2. The van der Waals surface area contributed by atoms with Crippen molar-refractivity contribution in [1.29, 1.82) is 0 Å². The summed E-state index contributed by atoms with van der Waals surface area (Å²) in [5.41, 5.74) is 1.09. The molecule has 0 bridgehead atoms. The van der Waals surface area contributed by atoms with E-state index in [0.29, 0.717) is 21.6 Å². The van der Waals surface area contributed by atoms with Crippen LogP contribution in [0.1, 0.15) is 10.5 Å². The highest BCUT2D eigenvalue weighted by Crippen LogP contribution is 2.23. The van der Waals surface area contributed by atoms with Crippen LogP contribution in [0.5, 0.6) is 0 Å². The SMILES string of the molecule is O=C(Nc1ccc(Cl)cc1)c1n[nH]c2ccc([N+](=O)[O-])cc12. The van der Waals surface area contributed by atoms with E-state index in [1.165, 1.54) is 18.2 Å². The third kappa shape index (κ3) is 2.61. The number of nitro benzene ring substituents is 1. The second-order valence-corrected chi connectivity index (χ2v) is 4.96. The van der Waals surface area contributed by atoms with Gasteiger partial charge in [-0.1, -0.05) is 11.6 Å². The fourth-order valence-electron chi connectivity index (χ4n) is 2.01. The molecule has 0 aliphatic heterocycles. The highest BCUT2D eigenvalue weighted by Gasteiger charge is 2.17. The maximum Gasteiger partial charge on any atom is 0.276 e. The van der Waals surface area contributed by atoms with Crippen LogP contribution in [-0.4, -0.2) is 21.0 Å². The summed E-state index contributed by atoms with van der Waals surface area (Å²) < 4.78 is 0. The third-order valence-corrected chi connectivity index (χ3v) is 3.33. The molecule has 1 amide bonds. The number of carbonyl (C=O) groups is 1. The van der Waals surface area contributed by atoms with Gasteiger partial charge in [-0.2, -0.15) is 5.10 Å². The Morgan fingerprint density at radius 1 is 1.23 bits per heavy atom. The zero-order valence-electron chi connectivity index (χ0n) is 11.0. The number of anilines is 1. The number of benzene rings is 2.